The molecule has 11 heteroatoms. The molecule has 0 aromatic heterocycles. The molecule has 0 saturated heterocycles. The molecule has 1 atom stereocenters. The Morgan fingerprint density at radius 3 is 2.47 bits per heavy atom. The number of ether oxygens (including phenoxy) is 2. The average molecular weight is 517 g/mol. The number of hydrogen-bond donors (Lipinski definition) is 1. The molecule has 0 bridgehead atoms. The predicted octanol–water partition coefficient (Wildman–Crippen LogP) is 5.99. The first kappa shape index (κ1) is 25.7. The summed E-state index contributed by atoms with van der Waals surface area (Å²) < 4.78 is 50.1. The standard InChI is InChI=1S/C23H21Cl2F3N2O4/c1-3-30-18(12-34-15-7-5-6-14(11-15)23(26,27)28)19(21(31)33-4-2)20(29-22(30)32)13-8-9-16(24)17(25)10-13/h5-11,20H,3-4,12H2,1-2H3,(H,29,32). The molecule has 1 aliphatic heterocycles. The van der Waals surface area contributed by atoms with Gasteiger partial charge in [0.2, 0.25) is 0 Å². The zero-order chi connectivity index (χ0) is 25.0. The molecule has 0 fully saturated rings. The summed E-state index contributed by atoms with van der Waals surface area (Å²) >= 11 is 12.1. The number of nitrogens with zero attached hydrogens (tertiary/aromatic N) is 1. The number of alkyl halides is 3. The van der Waals surface area contributed by atoms with E-state index in [1.165, 1.54) is 29.2 Å². The van der Waals surface area contributed by atoms with Gasteiger partial charge in [-0.2, -0.15) is 13.2 Å². The Morgan fingerprint density at radius 1 is 1.12 bits per heavy atom. The summed E-state index contributed by atoms with van der Waals surface area (Å²) in [5.74, 6) is -0.779. The van der Waals surface area contributed by atoms with E-state index in [-0.39, 0.29) is 46.8 Å². The van der Waals surface area contributed by atoms with Crippen LogP contribution in [-0.2, 0) is 15.7 Å². The maximum absolute atomic E-state index is 13.1. The van der Waals surface area contributed by atoms with Gasteiger partial charge in [0.25, 0.3) is 0 Å². The van der Waals surface area contributed by atoms with E-state index in [1.807, 2.05) is 0 Å². The summed E-state index contributed by atoms with van der Waals surface area (Å²) in [5.41, 5.74) is -0.169. The van der Waals surface area contributed by atoms with E-state index in [4.69, 9.17) is 32.7 Å². The molecule has 1 N–H and O–H groups in total. The van der Waals surface area contributed by atoms with Crippen molar-refractivity contribution >= 4 is 35.2 Å². The van der Waals surface area contributed by atoms with E-state index in [0.29, 0.717) is 5.56 Å². The van der Waals surface area contributed by atoms with E-state index in [2.05, 4.69) is 5.32 Å². The van der Waals surface area contributed by atoms with Crippen LogP contribution in [0.25, 0.3) is 0 Å². The number of benzene rings is 2. The third kappa shape index (κ3) is 5.59. The summed E-state index contributed by atoms with van der Waals surface area (Å²) in [7, 11) is 0. The van der Waals surface area contributed by atoms with Crippen molar-refractivity contribution in [2.75, 3.05) is 19.8 Å². The summed E-state index contributed by atoms with van der Waals surface area (Å²) in [6.07, 6.45) is -4.55. The van der Waals surface area contributed by atoms with Gasteiger partial charge in [0.1, 0.15) is 12.4 Å². The highest BCUT2D eigenvalue weighted by atomic mass is 35.5. The van der Waals surface area contributed by atoms with Gasteiger partial charge >= 0.3 is 18.2 Å². The van der Waals surface area contributed by atoms with Gasteiger partial charge in [-0.05, 0) is 49.7 Å². The number of nitrogens with one attached hydrogen (secondary N) is 1. The molecule has 2 aromatic rings. The van der Waals surface area contributed by atoms with E-state index in [0.717, 1.165) is 12.1 Å². The summed E-state index contributed by atoms with van der Waals surface area (Å²) in [4.78, 5) is 27.1. The lowest BCUT2D eigenvalue weighted by atomic mass is 9.94. The van der Waals surface area contributed by atoms with Crippen molar-refractivity contribution in [1.29, 1.82) is 0 Å². The first-order valence-electron chi connectivity index (χ1n) is 10.3. The van der Waals surface area contributed by atoms with Gasteiger partial charge in [-0.25, -0.2) is 9.59 Å². The Labute approximate surface area is 204 Å². The minimum absolute atomic E-state index is 0.0677. The molecule has 1 aliphatic rings. The van der Waals surface area contributed by atoms with Crippen LogP contribution in [0.15, 0.2) is 53.7 Å². The van der Waals surface area contributed by atoms with Gasteiger partial charge in [-0.3, -0.25) is 4.90 Å². The topological polar surface area (TPSA) is 67.9 Å². The Balaban J connectivity index is 2.07. The smallest absolute Gasteiger partial charge is 0.416 e. The Morgan fingerprint density at radius 2 is 1.85 bits per heavy atom. The molecule has 1 heterocycles. The van der Waals surface area contributed by atoms with Crippen molar-refractivity contribution in [3.05, 3.63) is 74.9 Å². The Kier molecular flexibility index (Phi) is 7.99. The second-order valence-electron chi connectivity index (χ2n) is 7.20. The minimum Gasteiger partial charge on any atom is -0.487 e. The van der Waals surface area contributed by atoms with Crippen LogP contribution >= 0.6 is 23.2 Å². The number of carbonyl (C=O) groups excluding carboxylic acids is 2. The highest BCUT2D eigenvalue weighted by Gasteiger charge is 2.38. The number of rotatable bonds is 7. The van der Waals surface area contributed by atoms with Crippen molar-refractivity contribution in [3.8, 4) is 5.75 Å². The summed E-state index contributed by atoms with van der Waals surface area (Å²) in [6.45, 7) is 3.20. The summed E-state index contributed by atoms with van der Waals surface area (Å²) in [5, 5.41) is 3.26. The molecule has 34 heavy (non-hydrogen) atoms. The molecule has 1 unspecified atom stereocenters. The number of esters is 1. The van der Waals surface area contributed by atoms with Crippen LogP contribution in [0.4, 0.5) is 18.0 Å². The molecule has 2 aromatic carbocycles. The molecule has 0 aliphatic carbocycles. The van der Waals surface area contributed by atoms with Crippen LogP contribution in [0.2, 0.25) is 10.0 Å². The van der Waals surface area contributed by atoms with Crippen LogP contribution in [0.5, 0.6) is 5.75 Å². The third-order valence-corrected chi connectivity index (χ3v) is 5.80. The van der Waals surface area contributed by atoms with Crippen molar-refractivity contribution in [2.45, 2.75) is 26.1 Å². The molecule has 6 nitrogen and oxygen atoms in total. The zero-order valence-corrected chi connectivity index (χ0v) is 19.7. The molecular formula is C23H21Cl2F3N2O4. The molecule has 2 amide bonds. The maximum atomic E-state index is 13.1. The van der Waals surface area contributed by atoms with Crippen molar-refractivity contribution in [1.82, 2.24) is 10.2 Å². The van der Waals surface area contributed by atoms with Crippen molar-refractivity contribution in [3.63, 3.8) is 0 Å². The zero-order valence-electron chi connectivity index (χ0n) is 18.2. The number of likely N-dealkylation sites (N-methyl/N-ethyl adjacent to an activating group) is 1. The largest absolute Gasteiger partial charge is 0.487 e. The molecular weight excluding hydrogens is 496 g/mol. The second kappa shape index (κ2) is 10.6. The number of amides is 2. The van der Waals surface area contributed by atoms with Crippen LogP contribution in [0, 0.1) is 0 Å². The second-order valence-corrected chi connectivity index (χ2v) is 8.01. The third-order valence-electron chi connectivity index (χ3n) is 5.06. The van der Waals surface area contributed by atoms with E-state index >= 15 is 0 Å². The summed E-state index contributed by atoms with van der Waals surface area (Å²) in [6, 6.07) is 7.52. The van der Waals surface area contributed by atoms with Gasteiger partial charge in [0, 0.05) is 6.54 Å². The normalized spacial score (nSPS) is 16.4. The van der Waals surface area contributed by atoms with Crippen molar-refractivity contribution < 1.29 is 32.2 Å². The van der Waals surface area contributed by atoms with Gasteiger partial charge in [-0.1, -0.05) is 35.3 Å². The Bertz CT molecular complexity index is 1120. The highest BCUT2D eigenvalue weighted by molar-refractivity contribution is 6.42. The van der Waals surface area contributed by atoms with Crippen LogP contribution in [-0.4, -0.2) is 36.7 Å². The van der Waals surface area contributed by atoms with E-state index < -0.39 is 29.8 Å². The lowest BCUT2D eigenvalue weighted by molar-refractivity contribution is -0.139. The fraction of sp³-hybridized carbons (Fsp3) is 0.304. The highest BCUT2D eigenvalue weighted by Crippen LogP contribution is 2.35. The lowest BCUT2D eigenvalue weighted by Crippen LogP contribution is -2.49. The maximum Gasteiger partial charge on any atom is 0.416 e. The first-order valence-corrected chi connectivity index (χ1v) is 11.1. The minimum atomic E-state index is -4.55. The molecule has 0 spiro atoms. The van der Waals surface area contributed by atoms with Crippen LogP contribution in [0.1, 0.15) is 31.0 Å². The SMILES string of the molecule is CCOC(=O)C1=C(COc2cccc(C(F)(F)F)c2)N(CC)C(=O)NC1c1ccc(Cl)c(Cl)c1. The molecule has 182 valence electrons. The molecule has 0 saturated carbocycles. The van der Waals surface area contributed by atoms with Gasteiger partial charge < -0.3 is 14.8 Å². The Hall–Kier alpha value is -2.91. The molecule has 3 rings (SSSR count). The van der Waals surface area contributed by atoms with E-state index in [1.54, 1.807) is 19.9 Å². The fourth-order valence-electron chi connectivity index (χ4n) is 3.50. The fourth-order valence-corrected chi connectivity index (χ4v) is 3.81. The number of carbonyl (C=O) groups is 2. The van der Waals surface area contributed by atoms with Gasteiger partial charge in [-0.15, -0.1) is 0 Å². The van der Waals surface area contributed by atoms with Gasteiger partial charge in [0.05, 0.1) is 39.5 Å². The lowest BCUT2D eigenvalue weighted by Gasteiger charge is -2.36. The van der Waals surface area contributed by atoms with Crippen molar-refractivity contribution in [2.24, 2.45) is 0 Å². The quantitative estimate of drug-likeness (QED) is 0.458. The van der Waals surface area contributed by atoms with Crippen LogP contribution in [0.3, 0.4) is 0 Å². The average Bonchev–Trinajstić information content (AvgIpc) is 2.78. The predicted molar refractivity (Wildman–Crippen MR) is 121 cm³/mol. The van der Waals surface area contributed by atoms with Gasteiger partial charge in [0.15, 0.2) is 0 Å². The monoisotopic (exact) mass is 516 g/mol. The number of hydrogen-bond acceptors (Lipinski definition) is 4. The number of urea groups is 1. The molecule has 0 radical (unpaired) electrons. The van der Waals surface area contributed by atoms with E-state index in [9.17, 15) is 22.8 Å². The first-order chi connectivity index (χ1) is 16.1. The number of halogens is 5. The van der Waals surface area contributed by atoms with Crippen LogP contribution < -0.4 is 10.1 Å².